The first kappa shape index (κ1) is 12.1. The number of nitro groups is 1. The van der Waals surface area contributed by atoms with E-state index in [9.17, 15) is 10.1 Å². The molecule has 2 rings (SSSR count). The predicted molar refractivity (Wildman–Crippen MR) is 65.6 cm³/mol. The lowest BCUT2D eigenvalue weighted by molar-refractivity contribution is -0.384. The molecule has 0 aromatic heterocycles. The molecular formula is C11H13ClN2O3. The predicted octanol–water partition coefficient (Wildman–Crippen LogP) is 2.84. The van der Waals surface area contributed by atoms with Crippen molar-refractivity contribution >= 4 is 23.0 Å². The van der Waals surface area contributed by atoms with E-state index >= 15 is 0 Å². The van der Waals surface area contributed by atoms with Crippen molar-refractivity contribution in [3.8, 4) is 0 Å². The van der Waals surface area contributed by atoms with E-state index in [1.807, 2.05) is 0 Å². The Morgan fingerprint density at radius 3 is 3.00 bits per heavy atom. The lowest BCUT2D eigenvalue weighted by Crippen LogP contribution is -2.29. The van der Waals surface area contributed by atoms with Gasteiger partial charge in [0, 0.05) is 24.4 Å². The molecule has 1 atom stereocenters. The van der Waals surface area contributed by atoms with Crippen LogP contribution in [0.3, 0.4) is 0 Å². The zero-order valence-electron chi connectivity index (χ0n) is 9.19. The van der Waals surface area contributed by atoms with Gasteiger partial charge >= 0.3 is 0 Å². The number of nitrogens with zero attached hydrogens (tertiary/aromatic N) is 1. The van der Waals surface area contributed by atoms with E-state index < -0.39 is 4.92 Å². The van der Waals surface area contributed by atoms with Gasteiger partial charge in [0.2, 0.25) is 0 Å². The molecule has 1 fully saturated rings. The van der Waals surface area contributed by atoms with Crippen molar-refractivity contribution in [1.82, 2.24) is 0 Å². The number of nitrogens with one attached hydrogen (secondary N) is 1. The van der Waals surface area contributed by atoms with Gasteiger partial charge in [-0.25, -0.2) is 0 Å². The molecule has 1 heterocycles. The zero-order valence-corrected chi connectivity index (χ0v) is 9.94. The number of rotatable bonds is 3. The molecule has 0 spiro atoms. The highest BCUT2D eigenvalue weighted by atomic mass is 35.5. The second-order valence-electron chi connectivity index (χ2n) is 3.98. The van der Waals surface area contributed by atoms with Crippen molar-refractivity contribution in [3.63, 3.8) is 0 Å². The summed E-state index contributed by atoms with van der Waals surface area (Å²) in [7, 11) is 0. The van der Waals surface area contributed by atoms with Crippen LogP contribution in [-0.2, 0) is 4.74 Å². The maximum atomic E-state index is 10.7. The first-order chi connectivity index (χ1) is 8.16. The van der Waals surface area contributed by atoms with E-state index in [4.69, 9.17) is 16.3 Å². The Kier molecular flexibility index (Phi) is 3.81. The lowest BCUT2D eigenvalue weighted by atomic mass is 10.1. The Labute approximate surface area is 104 Å². The standard InChI is InChI=1S/C11H13ClN2O3/c12-10-4-3-8(6-11(10)14(15)16)13-9-2-1-5-17-7-9/h3-4,6,9,13H,1-2,5,7H2. The maximum Gasteiger partial charge on any atom is 0.289 e. The molecule has 1 N–H and O–H groups in total. The molecule has 0 bridgehead atoms. The van der Waals surface area contributed by atoms with Gasteiger partial charge in [0.15, 0.2) is 0 Å². The van der Waals surface area contributed by atoms with E-state index in [0.29, 0.717) is 12.3 Å². The highest BCUT2D eigenvalue weighted by Gasteiger charge is 2.16. The van der Waals surface area contributed by atoms with E-state index in [-0.39, 0.29) is 16.8 Å². The molecule has 0 amide bonds. The Hall–Kier alpha value is -1.33. The van der Waals surface area contributed by atoms with Gasteiger partial charge in [-0.15, -0.1) is 0 Å². The molecule has 0 aliphatic carbocycles. The summed E-state index contributed by atoms with van der Waals surface area (Å²) in [5, 5.41) is 14.1. The van der Waals surface area contributed by atoms with Crippen LogP contribution in [0.4, 0.5) is 11.4 Å². The monoisotopic (exact) mass is 256 g/mol. The maximum absolute atomic E-state index is 10.7. The molecule has 1 aromatic carbocycles. The van der Waals surface area contributed by atoms with Crippen LogP contribution in [0.5, 0.6) is 0 Å². The third-order valence-corrected chi connectivity index (χ3v) is 2.99. The largest absolute Gasteiger partial charge is 0.380 e. The highest BCUT2D eigenvalue weighted by Crippen LogP contribution is 2.28. The summed E-state index contributed by atoms with van der Waals surface area (Å²) < 4.78 is 5.33. The van der Waals surface area contributed by atoms with Crippen molar-refractivity contribution in [2.24, 2.45) is 0 Å². The van der Waals surface area contributed by atoms with Gasteiger partial charge in [-0.1, -0.05) is 11.6 Å². The van der Waals surface area contributed by atoms with E-state index in [1.165, 1.54) is 12.1 Å². The SMILES string of the molecule is O=[N+]([O-])c1cc(NC2CCCOC2)ccc1Cl. The second kappa shape index (κ2) is 5.33. The molecule has 5 nitrogen and oxygen atoms in total. The van der Waals surface area contributed by atoms with E-state index in [0.717, 1.165) is 19.4 Å². The third-order valence-electron chi connectivity index (χ3n) is 2.67. The van der Waals surface area contributed by atoms with Crippen molar-refractivity contribution in [2.45, 2.75) is 18.9 Å². The Bertz CT molecular complexity index is 419. The van der Waals surface area contributed by atoms with Gasteiger partial charge in [-0.05, 0) is 25.0 Å². The summed E-state index contributed by atoms with van der Waals surface area (Å²) in [6.07, 6.45) is 2.02. The second-order valence-corrected chi connectivity index (χ2v) is 4.39. The first-order valence-electron chi connectivity index (χ1n) is 5.45. The Balaban J connectivity index is 2.10. The van der Waals surface area contributed by atoms with Crippen LogP contribution in [0, 0.1) is 10.1 Å². The van der Waals surface area contributed by atoms with Crippen molar-refractivity contribution < 1.29 is 9.66 Å². The number of anilines is 1. The van der Waals surface area contributed by atoms with Gasteiger partial charge < -0.3 is 10.1 Å². The topological polar surface area (TPSA) is 64.4 Å². The van der Waals surface area contributed by atoms with E-state index in [1.54, 1.807) is 6.07 Å². The summed E-state index contributed by atoms with van der Waals surface area (Å²) in [6, 6.07) is 4.94. The fourth-order valence-electron chi connectivity index (χ4n) is 1.83. The summed E-state index contributed by atoms with van der Waals surface area (Å²) in [4.78, 5) is 10.3. The average molecular weight is 257 g/mol. The van der Waals surface area contributed by atoms with Crippen LogP contribution in [0.15, 0.2) is 18.2 Å². The Morgan fingerprint density at radius 2 is 2.35 bits per heavy atom. The minimum absolute atomic E-state index is 0.0756. The molecule has 1 aliphatic rings. The summed E-state index contributed by atoms with van der Waals surface area (Å²) in [5.41, 5.74) is 0.630. The summed E-state index contributed by atoms with van der Waals surface area (Å²) in [5.74, 6) is 0. The molecule has 1 saturated heterocycles. The number of hydrogen-bond acceptors (Lipinski definition) is 4. The number of ether oxygens (including phenoxy) is 1. The zero-order chi connectivity index (χ0) is 12.3. The van der Waals surface area contributed by atoms with Crippen LogP contribution < -0.4 is 5.32 Å². The first-order valence-corrected chi connectivity index (χ1v) is 5.83. The minimum atomic E-state index is -0.481. The van der Waals surface area contributed by atoms with E-state index in [2.05, 4.69) is 5.32 Å². The quantitative estimate of drug-likeness (QED) is 0.667. The van der Waals surface area contributed by atoms with Crippen LogP contribution in [0.25, 0.3) is 0 Å². The normalized spacial score (nSPS) is 19.9. The van der Waals surface area contributed by atoms with Crippen LogP contribution >= 0.6 is 11.6 Å². The number of hydrogen-bond donors (Lipinski definition) is 1. The average Bonchev–Trinajstić information content (AvgIpc) is 2.32. The van der Waals surface area contributed by atoms with Crippen LogP contribution in [-0.4, -0.2) is 24.2 Å². The minimum Gasteiger partial charge on any atom is -0.380 e. The molecule has 92 valence electrons. The molecule has 1 aliphatic heterocycles. The Morgan fingerprint density at radius 1 is 1.53 bits per heavy atom. The highest BCUT2D eigenvalue weighted by molar-refractivity contribution is 6.32. The van der Waals surface area contributed by atoms with Gasteiger partial charge in [-0.3, -0.25) is 10.1 Å². The fourth-order valence-corrected chi connectivity index (χ4v) is 2.02. The number of halogens is 1. The van der Waals surface area contributed by atoms with Crippen LogP contribution in [0.2, 0.25) is 5.02 Å². The molecular weight excluding hydrogens is 244 g/mol. The molecule has 6 heteroatoms. The summed E-state index contributed by atoms with van der Waals surface area (Å²) in [6.45, 7) is 1.43. The summed E-state index contributed by atoms with van der Waals surface area (Å²) >= 11 is 5.74. The molecule has 17 heavy (non-hydrogen) atoms. The van der Waals surface area contributed by atoms with Crippen molar-refractivity contribution in [3.05, 3.63) is 33.3 Å². The number of benzene rings is 1. The molecule has 1 aromatic rings. The van der Waals surface area contributed by atoms with Crippen LogP contribution in [0.1, 0.15) is 12.8 Å². The molecule has 0 radical (unpaired) electrons. The smallest absolute Gasteiger partial charge is 0.289 e. The van der Waals surface area contributed by atoms with Gasteiger partial charge in [-0.2, -0.15) is 0 Å². The van der Waals surface area contributed by atoms with Gasteiger partial charge in [0.25, 0.3) is 5.69 Å². The van der Waals surface area contributed by atoms with Gasteiger partial charge in [0.1, 0.15) is 5.02 Å². The van der Waals surface area contributed by atoms with Crippen molar-refractivity contribution in [1.29, 1.82) is 0 Å². The third kappa shape index (κ3) is 3.08. The lowest BCUT2D eigenvalue weighted by Gasteiger charge is -2.24. The molecule has 0 saturated carbocycles. The molecule has 1 unspecified atom stereocenters. The number of nitro benzene ring substituents is 1. The van der Waals surface area contributed by atoms with Gasteiger partial charge in [0.05, 0.1) is 11.5 Å². The fraction of sp³-hybridized carbons (Fsp3) is 0.455. The van der Waals surface area contributed by atoms with Crippen molar-refractivity contribution in [2.75, 3.05) is 18.5 Å².